The van der Waals surface area contributed by atoms with Crippen LogP contribution in [0.1, 0.15) is 18.4 Å². The van der Waals surface area contributed by atoms with Gasteiger partial charge in [-0.25, -0.2) is 5.84 Å². The van der Waals surface area contributed by atoms with Gasteiger partial charge in [0.1, 0.15) is 12.3 Å². The highest BCUT2D eigenvalue weighted by Gasteiger charge is 2.08. The van der Waals surface area contributed by atoms with Gasteiger partial charge in [0.25, 0.3) is 0 Å². The van der Waals surface area contributed by atoms with E-state index in [2.05, 4.69) is 15.6 Å². The molecule has 6 nitrogen and oxygen atoms in total. The van der Waals surface area contributed by atoms with Crippen LogP contribution < -0.4 is 11.3 Å². The molecular formula is C8H14N4O2. The highest BCUT2D eigenvalue weighted by Crippen LogP contribution is 2.04. The summed E-state index contributed by atoms with van der Waals surface area (Å²) >= 11 is 0. The molecule has 0 aromatic carbocycles. The summed E-state index contributed by atoms with van der Waals surface area (Å²) in [5.41, 5.74) is 3.05. The lowest BCUT2D eigenvalue weighted by atomic mass is 10.3. The third-order valence-corrected chi connectivity index (χ3v) is 1.54. The Labute approximate surface area is 82.1 Å². The standard InChI is InChI=1S/C8H14N4O2/c1-3-10-8(11-9)7-4-6(5-13-2)14-12-7/h4H,3,5,9H2,1-2H3,(H,10,11). The molecule has 3 N–H and O–H groups in total. The van der Waals surface area contributed by atoms with E-state index in [4.69, 9.17) is 15.1 Å². The van der Waals surface area contributed by atoms with Crippen molar-refractivity contribution in [1.82, 2.24) is 10.6 Å². The van der Waals surface area contributed by atoms with E-state index < -0.39 is 0 Å². The van der Waals surface area contributed by atoms with Crippen LogP contribution >= 0.6 is 0 Å². The Bertz CT molecular complexity index is 308. The van der Waals surface area contributed by atoms with E-state index in [0.717, 1.165) is 0 Å². The first-order chi connectivity index (χ1) is 6.81. The number of amidine groups is 1. The molecule has 0 saturated heterocycles. The second kappa shape index (κ2) is 5.36. The number of methoxy groups -OCH3 is 1. The van der Waals surface area contributed by atoms with E-state index in [-0.39, 0.29) is 0 Å². The summed E-state index contributed by atoms with van der Waals surface area (Å²) in [5, 5.41) is 3.80. The number of aliphatic imine (C=N–C) groups is 1. The molecule has 0 spiro atoms. The summed E-state index contributed by atoms with van der Waals surface area (Å²) < 4.78 is 9.87. The average molecular weight is 198 g/mol. The van der Waals surface area contributed by atoms with Crippen LogP contribution in [0.25, 0.3) is 0 Å². The predicted molar refractivity (Wildman–Crippen MR) is 51.6 cm³/mol. The van der Waals surface area contributed by atoms with Crippen LogP contribution in [0.5, 0.6) is 0 Å². The van der Waals surface area contributed by atoms with Gasteiger partial charge >= 0.3 is 0 Å². The van der Waals surface area contributed by atoms with E-state index in [0.29, 0.717) is 30.4 Å². The van der Waals surface area contributed by atoms with Gasteiger partial charge in [-0.15, -0.1) is 0 Å². The molecule has 14 heavy (non-hydrogen) atoms. The van der Waals surface area contributed by atoms with Crippen LogP contribution in [0.4, 0.5) is 0 Å². The van der Waals surface area contributed by atoms with Gasteiger partial charge in [0, 0.05) is 19.7 Å². The summed E-state index contributed by atoms with van der Waals surface area (Å²) in [5.74, 6) is 6.43. The summed E-state index contributed by atoms with van der Waals surface area (Å²) in [7, 11) is 1.59. The van der Waals surface area contributed by atoms with Gasteiger partial charge in [-0.3, -0.25) is 4.99 Å². The number of nitrogens with zero attached hydrogens (tertiary/aromatic N) is 2. The number of aromatic nitrogens is 1. The van der Waals surface area contributed by atoms with Gasteiger partial charge in [-0.05, 0) is 6.92 Å². The van der Waals surface area contributed by atoms with Crippen LogP contribution in [0.3, 0.4) is 0 Å². The molecule has 0 fully saturated rings. The highest BCUT2D eigenvalue weighted by atomic mass is 16.5. The van der Waals surface area contributed by atoms with E-state index in [1.807, 2.05) is 6.92 Å². The molecule has 0 radical (unpaired) electrons. The Morgan fingerprint density at radius 3 is 3.14 bits per heavy atom. The van der Waals surface area contributed by atoms with Crippen molar-refractivity contribution in [3.05, 3.63) is 17.5 Å². The van der Waals surface area contributed by atoms with E-state index >= 15 is 0 Å². The molecule has 0 saturated carbocycles. The van der Waals surface area contributed by atoms with Crippen LogP contribution in [0.2, 0.25) is 0 Å². The molecule has 0 aliphatic carbocycles. The van der Waals surface area contributed by atoms with Crippen molar-refractivity contribution in [1.29, 1.82) is 0 Å². The lowest BCUT2D eigenvalue weighted by molar-refractivity contribution is 0.156. The largest absolute Gasteiger partial charge is 0.377 e. The number of rotatable bonds is 4. The fourth-order valence-electron chi connectivity index (χ4n) is 0.994. The first-order valence-corrected chi connectivity index (χ1v) is 4.27. The Hall–Kier alpha value is -1.40. The zero-order valence-corrected chi connectivity index (χ0v) is 8.28. The van der Waals surface area contributed by atoms with Gasteiger partial charge in [0.15, 0.2) is 11.6 Å². The first kappa shape index (κ1) is 10.7. The van der Waals surface area contributed by atoms with Gasteiger partial charge in [-0.1, -0.05) is 5.16 Å². The van der Waals surface area contributed by atoms with E-state index in [9.17, 15) is 0 Å². The summed E-state index contributed by atoms with van der Waals surface area (Å²) in [6, 6.07) is 1.73. The smallest absolute Gasteiger partial charge is 0.165 e. The van der Waals surface area contributed by atoms with Crippen molar-refractivity contribution in [3.63, 3.8) is 0 Å². The fraction of sp³-hybridized carbons (Fsp3) is 0.500. The number of hydrogen-bond donors (Lipinski definition) is 2. The second-order valence-electron chi connectivity index (χ2n) is 2.58. The number of ether oxygens (including phenoxy) is 1. The van der Waals surface area contributed by atoms with Crippen molar-refractivity contribution in [3.8, 4) is 0 Å². The number of hydrogen-bond acceptors (Lipinski definition) is 5. The molecule has 0 atom stereocenters. The Morgan fingerprint density at radius 1 is 1.79 bits per heavy atom. The van der Waals surface area contributed by atoms with Gasteiger partial charge in [0.2, 0.25) is 0 Å². The zero-order valence-electron chi connectivity index (χ0n) is 8.28. The lowest BCUT2D eigenvalue weighted by Crippen LogP contribution is -2.31. The first-order valence-electron chi connectivity index (χ1n) is 4.27. The van der Waals surface area contributed by atoms with Crippen LogP contribution in [0, 0.1) is 0 Å². The Morgan fingerprint density at radius 2 is 2.57 bits per heavy atom. The normalized spacial score (nSPS) is 11.8. The van der Waals surface area contributed by atoms with Crippen LogP contribution in [-0.4, -0.2) is 24.6 Å². The third-order valence-electron chi connectivity index (χ3n) is 1.54. The van der Waals surface area contributed by atoms with Gasteiger partial charge in [-0.2, -0.15) is 0 Å². The molecule has 1 aromatic rings. The number of hydrazine groups is 1. The molecule has 0 unspecified atom stereocenters. The summed E-state index contributed by atoms with van der Waals surface area (Å²) in [6.45, 7) is 2.93. The minimum atomic E-state index is 0.386. The maximum atomic E-state index is 5.28. The molecule has 1 heterocycles. The topological polar surface area (TPSA) is 85.7 Å². The Kier molecular flexibility index (Phi) is 4.09. The van der Waals surface area contributed by atoms with Crippen molar-refractivity contribution >= 4 is 5.84 Å². The zero-order chi connectivity index (χ0) is 10.4. The SMILES string of the molecule is CCN=C(NN)c1cc(COC)on1. The monoisotopic (exact) mass is 198 g/mol. The third kappa shape index (κ3) is 2.54. The minimum Gasteiger partial charge on any atom is -0.377 e. The van der Waals surface area contributed by atoms with Crippen molar-refractivity contribution in [2.75, 3.05) is 13.7 Å². The van der Waals surface area contributed by atoms with Crippen molar-refractivity contribution < 1.29 is 9.26 Å². The van der Waals surface area contributed by atoms with Crippen LogP contribution in [-0.2, 0) is 11.3 Å². The quantitative estimate of drug-likeness (QED) is 0.309. The maximum Gasteiger partial charge on any atom is 0.165 e. The maximum absolute atomic E-state index is 5.28. The molecule has 0 aliphatic heterocycles. The average Bonchev–Trinajstić information content (AvgIpc) is 2.63. The molecule has 0 bridgehead atoms. The van der Waals surface area contributed by atoms with Crippen LogP contribution in [0.15, 0.2) is 15.6 Å². The fourth-order valence-corrected chi connectivity index (χ4v) is 0.994. The predicted octanol–water partition coefficient (Wildman–Crippen LogP) is 0.0508. The molecule has 0 aliphatic rings. The highest BCUT2D eigenvalue weighted by molar-refractivity contribution is 5.96. The summed E-state index contributed by atoms with van der Waals surface area (Å²) in [6.07, 6.45) is 0. The molecular weight excluding hydrogens is 184 g/mol. The number of nitrogens with two attached hydrogens (primary N) is 1. The van der Waals surface area contributed by atoms with E-state index in [1.165, 1.54) is 0 Å². The van der Waals surface area contributed by atoms with Gasteiger partial charge in [0.05, 0.1) is 0 Å². The van der Waals surface area contributed by atoms with E-state index in [1.54, 1.807) is 13.2 Å². The molecule has 1 rings (SSSR count). The number of nitrogens with one attached hydrogen (secondary N) is 1. The molecule has 78 valence electrons. The van der Waals surface area contributed by atoms with Crippen molar-refractivity contribution in [2.45, 2.75) is 13.5 Å². The van der Waals surface area contributed by atoms with Gasteiger partial charge < -0.3 is 14.7 Å². The molecule has 0 amide bonds. The minimum absolute atomic E-state index is 0.386. The molecule has 6 heteroatoms. The Balaban J connectivity index is 2.78. The molecule has 1 aromatic heterocycles. The van der Waals surface area contributed by atoms with Crippen molar-refractivity contribution in [2.24, 2.45) is 10.8 Å². The second-order valence-corrected chi connectivity index (χ2v) is 2.58. The lowest BCUT2D eigenvalue weighted by Gasteiger charge is -1.98. The summed E-state index contributed by atoms with van der Waals surface area (Å²) in [4.78, 5) is 4.10.